The molecule has 0 heterocycles. The summed E-state index contributed by atoms with van der Waals surface area (Å²) in [5.41, 5.74) is -0.526. The van der Waals surface area contributed by atoms with E-state index < -0.39 is 58.2 Å². The van der Waals surface area contributed by atoms with Crippen LogP contribution in [0, 0.1) is 39.9 Å². The molecule has 4 rings (SSSR count). The summed E-state index contributed by atoms with van der Waals surface area (Å²) < 4.78 is 11.6. The van der Waals surface area contributed by atoms with Crippen molar-refractivity contribution < 1.29 is 38.6 Å². The molecular formula is C33H44O8. The minimum absolute atomic E-state index is 0.0931. The number of fused-ring (bicyclic) bond motifs is 5. The van der Waals surface area contributed by atoms with Gasteiger partial charge >= 0.3 is 17.9 Å². The van der Waals surface area contributed by atoms with Crippen LogP contribution in [0.4, 0.5) is 0 Å². The first-order chi connectivity index (χ1) is 19.0. The fraction of sp³-hybridized carbons (Fsp3) is 0.667. The van der Waals surface area contributed by atoms with Gasteiger partial charge in [-0.3, -0.25) is 19.2 Å². The quantitative estimate of drug-likeness (QED) is 0.257. The van der Waals surface area contributed by atoms with Crippen molar-refractivity contribution in [3.63, 3.8) is 0 Å². The van der Waals surface area contributed by atoms with Gasteiger partial charge < -0.3 is 14.6 Å². The molecule has 0 aromatic heterocycles. The number of hydrogen-bond acceptors (Lipinski definition) is 7. The first-order valence-corrected chi connectivity index (χ1v) is 14.7. The minimum atomic E-state index is -1.12. The van der Waals surface area contributed by atoms with Crippen molar-refractivity contribution >= 4 is 29.5 Å². The molecule has 0 unspecified atom stereocenters. The van der Waals surface area contributed by atoms with Crippen LogP contribution in [-0.2, 0) is 33.4 Å². The first kappa shape index (κ1) is 30.9. The van der Waals surface area contributed by atoms with E-state index in [1.165, 1.54) is 13.8 Å². The lowest BCUT2D eigenvalue weighted by Crippen LogP contribution is -2.69. The van der Waals surface area contributed by atoms with E-state index in [9.17, 15) is 29.1 Å². The van der Waals surface area contributed by atoms with Gasteiger partial charge in [-0.25, -0.2) is 4.79 Å². The Hall–Kier alpha value is -3.03. The highest BCUT2D eigenvalue weighted by atomic mass is 16.5. The second-order valence-electron chi connectivity index (χ2n) is 13.5. The van der Waals surface area contributed by atoms with E-state index in [0.29, 0.717) is 24.8 Å². The Labute approximate surface area is 242 Å². The van der Waals surface area contributed by atoms with Crippen molar-refractivity contribution in [3.05, 3.63) is 34.9 Å². The average molecular weight is 569 g/mol. The monoisotopic (exact) mass is 568 g/mol. The Kier molecular flexibility index (Phi) is 8.04. The summed E-state index contributed by atoms with van der Waals surface area (Å²) in [6.07, 6.45) is 5.95. The molecule has 0 aromatic carbocycles. The number of aliphatic carboxylic acids is 1. The Balaban J connectivity index is 1.93. The number of esters is 2. The summed E-state index contributed by atoms with van der Waals surface area (Å²) >= 11 is 0. The molecule has 4 aliphatic rings. The molecule has 3 saturated carbocycles. The van der Waals surface area contributed by atoms with E-state index in [2.05, 4.69) is 6.92 Å². The largest absolute Gasteiger partial charge is 0.478 e. The van der Waals surface area contributed by atoms with E-state index in [-0.39, 0.29) is 41.8 Å². The van der Waals surface area contributed by atoms with Crippen LogP contribution in [0.3, 0.4) is 0 Å². The Morgan fingerprint density at radius 3 is 2.22 bits per heavy atom. The van der Waals surface area contributed by atoms with Crippen LogP contribution in [0.15, 0.2) is 34.9 Å². The van der Waals surface area contributed by atoms with E-state index in [0.717, 1.165) is 5.57 Å². The molecule has 41 heavy (non-hydrogen) atoms. The highest BCUT2D eigenvalue weighted by molar-refractivity contribution is 5.98. The zero-order valence-corrected chi connectivity index (χ0v) is 25.5. The maximum Gasteiger partial charge on any atom is 0.331 e. The third-order valence-electron chi connectivity index (χ3n) is 11.0. The molecule has 0 radical (unpaired) electrons. The summed E-state index contributed by atoms with van der Waals surface area (Å²) in [6.45, 7) is 14.3. The van der Waals surface area contributed by atoms with Crippen LogP contribution < -0.4 is 0 Å². The maximum atomic E-state index is 14.7. The third-order valence-corrected chi connectivity index (χ3v) is 11.0. The first-order valence-electron chi connectivity index (χ1n) is 14.7. The zero-order valence-electron chi connectivity index (χ0n) is 25.5. The van der Waals surface area contributed by atoms with Crippen molar-refractivity contribution in [1.29, 1.82) is 0 Å². The Morgan fingerprint density at radius 2 is 1.66 bits per heavy atom. The van der Waals surface area contributed by atoms with E-state index >= 15 is 0 Å². The predicted octanol–water partition coefficient (Wildman–Crippen LogP) is 5.40. The maximum absolute atomic E-state index is 14.7. The topological polar surface area (TPSA) is 124 Å². The summed E-state index contributed by atoms with van der Waals surface area (Å²) in [7, 11) is 0. The molecule has 0 spiro atoms. The lowest BCUT2D eigenvalue weighted by Gasteiger charge is -2.66. The average Bonchev–Trinajstić information content (AvgIpc) is 3.14. The molecule has 0 aromatic rings. The Bertz CT molecular complexity index is 1270. The second kappa shape index (κ2) is 10.7. The second-order valence-corrected chi connectivity index (χ2v) is 13.5. The van der Waals surface area contributed by atoms with E-state index in [1.54, 1.807) is 13.0 Å². The van der Waals surface area contributed by atoms with E-state index in [4.69, 9.17) is 9.47 Å². The van der Waals surface area contributed by atoms with Gasteiger partial charge in [0.15, 0.2) is 17.7 Å². The number of carbonyl (C=O) groups is 5. The summed E-state index contributed by atoms with van der Waals surface area (Å²) in [5, 5.41) is 10.4. The SMILES string of the molecule is CC(=O)O[C@H]1C[C@@]2(C)[C@@H](CC[C@H]3[C@@]4(C)C=CC(=O)[C@@H](C)[C@H]4[C@H](OC(C)=O)C(=O)[C@@]32C)/C1=C(/CCC=C(C)C)C(=O)O. The molecular weight excluding hydrogens is 524 g/mol. The van der Waals surface area contributed by atoms with E-state index in [1.807, 2.05) is 39.8 Å². The van der Waals surface area contributed by atoms with Gasteiger partial charge in [-0.15, -0.1) is 0 Å². The van der Waals surface area contributed by atoms with Gasteiger partial charge in [-0.05, 0) is 80.3 Å². The van der Waals surface area contributed by atoms with Crippen LogP contribution in [0.1, 0.15) is 87.5 Å². The minimum Gasteiger partial charge on any atom is -0.478 e. The molecule has 0 amide bonds. The molecule has 8 nitrogen and oxygen atoms in total. The molecule has 9 atom stereocenters. The van der Waals surface area contributed by atoms with Crippen molar-refractivity contribution in [3.8, 4) is 0 Å². The number of carboxylic acid groups (broad SMARTS) is 1. The lowest BCUT2D eigenvalue weighted by molar-refractivity contribution is -0.207. The molecule has 3 fully saturated rings. The zero-order chi connectivity index (χ0) is 30.7. The smallest absolute Gasteiger partial charge is 0.331 e. The highest BCUT2D eigenvalue weighted by Gasteiger charge is 2.74. The molecule has 224 valence electrons. The van der Waals surface area contributed by atoms with Gasteiger partial charge in [0.1, 0.15) is 6.10 Å². The summed E-state index contributed by atoms with van der Waals surface area (Å²) in [5.74, 6) is -3.98. The number of Topliss-reactive ketones (excluding diaryl/α,β-unsaturated/α-hetero) is 1. The summed E-state index contributed by atoms with van der Waals surface area (Å²) in [4.78, 5) is 64.9. The van der Waals surface area contributed by atoms with Gasteiger partial charge in [-0.2, -0.15) is 0 Å². The van der Waals surface area contributed by atoms with Crippen molar-refractivity contribution in [2.45, 2.75) is 99.7 Å². The molecule has 8 heteroatoms. The van der Waals surface area contributed by atoms with Gasteiger partial charge in [0, 0.05) is 36.7 Å². The van der Waals surface area contributed by atoms with Gasteiger partial charge in [-0.1, -0.05) is 45.4 Å². The van der Waals surface area contributed by atoms with Crippen molar-refractivity contribution in [2.24, 2.45) is 39.9 Å². The fourth-order valence-electron chi connectivity index (χ4n) is 9.19. The number of carboxylic acids is 1. The lowest BCUT2D eigenvalue weighted by atomic mass is 9.37. The number of carbonyl (C=O) groups excluding carboxylic acids is 4. The number of rotatable bonds is 6. The van der Waals surface area contributed by atoms with Crippen molar-refractivity contribution in [1.82, 2.24) is 0 Å². The highest BCUT2D eigenvalue weighted by Crippen LogP contribution is 2.73. The van der Waals surface area contributed by atoms with Crippen LogP contribution in [0.5, 0.6) is 0 Å². The Morgan fingerprint density at radius 1 is 1.02 bits per heavy atom. The number of allylic oxidation sites excluding steroid dienone is 4. The molecule has 0 bridgehead atoms. The van der Waals surface area contributed by atoms with Gasteiger partial charge in [0.25, 0.3) is 0 Å². The van der Waals surface area contributed by atoms with Crippen LogP contribution in [0.2, 0.25) is 0 Å². The standard InChI is InChI=1S/C33H44O8/c1-17(2)10-9-11-21(30(38)39)26-22-12-13-25-31(6)15-14-23(36)18(3)27(31)28(41-20(5)35)29(37)33(25,8)32(22,7)16-24(26)40-19(4)34/h10,14-15,18,22,24-25,27-28H,9,11-13,16H2,1-8H3,(H,38,39)/b26-21+/t18-,22+,24+,25+,27+,28+,31-,32+,33-/m1/s1. The third kappa shape index (κ3) is 4.71. The normalized spacial score (nSPS) is 40.6. The number of ether oxygens (including phenoxy) is 2. The van der Waals surface area contributed by atoms with Crippen molar-refractivity contribution in [2.75, 3.05) is 0 Å². The van der Waals surface area contributed by atoms with Gasteiger partial charge in [0.2, 0.25) is 0 Å². The van der Waals surface area contributed by atoms with Gasteiger partial charge in [0.05, 0.1) is 0 Å². The number of hydrogen-bond donors (Lipinski definition) is 1. The molecule has 0 aliphatic heterocycles. The predicted molar refractivity (Wildman–Crippen MR) is 151 cm³/mol. The van der Waals surface area contributed by atoms with Crippen LogP contribution in [-0.4, -0.2) is 46.8 Å². The molecule has 0 saturated heterocycles. The molecule has 4 aliphatic carbocycles. The summed E-state index contributed by atoms with van der Waals surface area (Å²) in [6, 6.07) is 0. The van der Waals surface area contributed by atoms with Crippen LogP contribution in [0.25, 0.3) is 0 Å². The van der Waals surface area contributed by atoms with Crippen LogP contribution >= 0.6 is 0 Å². The number of ketones is 2. The fourth-order valence-corrected chi connectivity index (χ4v) is 9.19. The molecule has 1 N–H and O–H groups in total.